The third-order valence-electron chi connectivity index (χ3n) is 8.66. The van der Waals surface area contributed by atoms with E-state index in [0.29, 0.717) is 12.1 Å². The Labute approximate surface area is 308 Å². The molecule has 5 rings (SSSR count). The van der Waals surface area contributed by atoms with Crippen LogP contribution in [-0.4, -0.2) is 47.4 Å². The Balaban J connectivity index is 0.000000236. The van der Waals surface area contributed by atoms with Gasteiger partial charge in [0.15, 0.2) is 0 Å². The van der Waals surface area contributed by atoms with E-state index in [1.165, 1.54) is 66.7 Å². The van der Waals surface area contributed by atoms with E-state index in [2.05, 4.69) is 177 Å². The van der Waals surface area contributed by atoms with Crippen molar-refractivity contribution in [3.63, 3.8) is 0 Å². The molecule has 2 atom stereocenters. The number of aromatic nitrogens is 6. The summed E-state index contributed by atoms with van der Waals surface area (Å²) in [4.78, 5) is 15.9. The fourth-order valence-electron chi connectivity index (χ4n) is 5.70. The van der Waals surface area contributed by atoms with Crippen molar-refractivity contribution in [3.05, 3.63) is 117 Å². The quantitative estimate of drug-likeness (QED) is 0.0891. The van der Waals surface area contributed by atoms with Crippen molar-refractivity contribution >= 4 is 67.3 Å². The monoisotopic (exact) mass is 954 g/mol. The Morgan fingerprint density at radius 1 is 0.696 bits per heavy atom. The first kappa shape index (κ1) is 38.8. The van der Waals surface area contributed by atoms with Crippen LogP contribution >= 0.6 is 45.2 Å². The Bertz CT molecular complexity index is 1450. The maximum atomic E-state index is 5.05. The summed E-state index contributed by atoms with van der Waals surface area (Å²) in [5.74, 6) is 0. The molecule has 0 amide bonds. The number of nitrogens with zero attached hydrogens (tertiary/aromatic N) is 5. The predicted octanol–water partition coefficient (Wildman–Crippen LogP) is 10.7. The van der Waals surface area contributed by atoms with Gasteiger partial charge in [-0.2, -0.15) is 0 Å². The zero-order chi connectivity index (χ0) is 33.2. The third kappa shape index (κ3) is 12.4. The number of nitrogens with one attached hydrogen (secondary N) is 1. The summed E-state index contributed by atoms with van der Waals surface area (Å²) in [7, 11) is 0. The smallest absolute Gasteiger partial charge is 0.0968 e. The molecule has 1 N–H and O–H groups in total. The van der Waals surface area contributed by atoms with E-state index in [-0.39, 0.29) is 0 Å². The van der Waals surface area contributed by atoms with Gasteiger partial charge in [-0.3, -0.25) is 0 Å². The van der Waals surface area contributed by atoms with Crippen LogP contribution in [0.1, 0.15) is 96.4 Å². The van der Waals surface area contributed by atoms with Crippen molar-refractivity contribution in [2.24, 2.45) is 0 Å². The molecule has 6 nitrogen and oxygen atoms in total. The van der Waals surface area contributed by atoms with Crippen molar-refractivity contribution in [3.8, 4) is 0 Å². The number of hydrogen-bond donors (Lipinski definition) is 1. The summed E-state index contributed by atoms with van der Waals surface area (Å²) in [6, 6.07) is 22.0. The van der Waals surface area contributed by atoms with Gasteiger partial charge in [0.25, 0.3) is 0 Å². The van der Waals surface area contributed by atoms with Crippen LogP contribution in [0.5, 0.6) is 0 Å². The van der Waals surface area contributed by atoms with Crippen molar-refractivity contribution in [1.29, 1.82) is 0 Å². The molecule has 0 saturated carbocycles. The Kier molecular flexibility index (Phi) is 18.0. The first-order chi connectivity index (χ1) is 22.3. The zero-order valence-corrected chi connectivity index (χ0v) is 35.4. The average Bonchev–Trinajstić information content (AvgIpc) is 3.89. The molecule has 0 radical (unpaired) electrons. The molecular formula is C37H52I2N6Sn. The summed E-state index contributed by atoms with van der Waals surface area (Å²) >= 11 is 1.98. The maximum absolute atomic E-state index is 5.05. The van der Waals surface area contributed by atoms with Crippen molar-refractivity contribution < 1.29 is 0 Å². The third-order valence-corrected chi connectivity index (χ3v) is 24.9. The molecule has 2 aromatic carbocycles. The van der Waals surface area contributed by atoms with Crippen LogP contribution in [0, 0.1) is 7.40 Å². The van der Waals surface area contributed by atoms with Crippen LogP contribution in [0.3, 0.4) is 0 Å². The number of imidazole rings is 3. The minimum Gasteiger partial charge on any atom is -0.340 e. The van der Waals surface area contributed by atoms with E-state index in [4.69, 9.17) is 4.98 Å². The molecule has 0 aliphatic heterocycles. The van der Waals surface area contributed by atoms with E-state index < -0.39 is 18.4 Å². The second-order valence-electron chi connectivity index (χ2n) is 12.0. The molecule has 3 heterocycles. The molecule has 0 saturated heterocycles. The molecular weight excluding hydrogens is 901 g/mol. The van der Waals surface area contributed by atoms with Gasteiger partial charge in [0.2, 0.25) is 0 Å². The Hall–Kier alpha value is -1.67. The summed E-state index contributed by atoms with van der Waals surface area (Å²) in [5, 5.41) is 0. The fourth-order valence-corrected chi connectivity index (χ4v) is 21.8. The fraction of sp³-hybridized carbons (Fsp3) is 0.432. The maximum Gasteiger partial charge on any atom is 0.0968 e. The average molecular weight is 953 g/mol. The van der Waals surface area contributed by atoms with Gasteiger partial charge < -0.3 is 9.55 Å². The van der Waals surface area contributed by atoms with Gasteiger partial charge in [-0.25, -0.2) is 9.97 Å². The summed E-state index contributed by atoms with van der Waals surface area (Å²) in [6.45, 7) is 11.5. The first-order valence-corrected chi connectivity index (χ1v) is 26.4. The van der Waals surface area contributed by atoms with Gasteiger partial charge in [-0.05, 0) is 57.7 Å². The molecule has 46 heavy (non-hydrogen) atoms. The largest absolute Gasteiger partial charge is 0.340 e. The van der Waals surface area contributed by atoms with Crippen molar-refractivity contribution in [2.75, 3.05) is 0 Å². The summed E-state index contributed by atoms with van der Waals surface area (Å²) < 4.78 is 12.6. The molecule has 0 spiro atoms. The first-order valence-electron chi connectivity index (χ1n) is 16.8. The van der Waals surface area contributed by atoms with Gasteiger partial charge in [0.05, 0.1) is 28.6 Å². The molecule has 0 aliphatic rings. The zero-order valence-electron chi connectivity index (χ0n) is 28.2. The number of unbranched alkanes of at least 4 members (excludes halogenated alkanes) is 3. The molecule has 0 bridgehead atoms. The molecule has 0 aliphatic carbocycles. The molecule has 2 unspecified atom stereocenters. The number of benzene rings is 2. The van der Waals surface area contributed by atoms with Crippen LogP contribution in [0.25, 0.3) is 0 Å². The van der Waals surface area contributed by atoms with Crippen LogP contribution in [0.2, 0.25) is 13.3 Å². The number of halogens is 2. The predicted molar refractivity (Wildman–Crippen MR) is 214 cm³/mol. The molecule has 5 aromatic rings. The molecule has 9 heteroatoms. The molecule has 248 valence electrons. The second kappa shape index (κ2) is 21.3. The number of rotatable bonds is 14. The Morgan fingerprint density at radius 3 is 1.54 bits per heavy atom. The van der Waals surface area contributed by atoms with Gasteiger partial charge in [-0.1, -0.05) is 30.3 Å². The van der Waals surface area contributed by atoms with Crippen LogP contribution in [-0.2, 0) is 0 Å². The van der Waals surface area contributed by atoms with Crippen molar-refractivity contribution in [2.45, 2.75) is 98.5 Å². The van der Waals surface area contributed by atoms with Gasteiger partial charge >= 0.3 is 166 Å². The SMILES string of the molecule is CC(c1ccccc1)n1cnc(I)c1.CCC[CH2][Sn]([CH2]CCC)([CH2]CCC)[c]1cn(C(C)c2ccccc2)cn1.Ic1cnc[nH]1. The van der Waals surface area contributed by atoms with E-state index >= 15 is 0 Å². The summed E-state index contributed by atoms with van der Waals surface area (Å²) in [5.41, 5.74) is 2.68. The number of aromatic amines is 1. The van der Waals surface area contributed by atoms with Gasteiger partial charge in [0.1, 0.15) is 3.70 Å². The van der Waals surface area contributed by atoms with Crippen LogP contribution in [0.15, 0.2) is 98.2 Å². The topological polar surface area (TPSA) is 64.3 Å². The summed E-state index contributed by atoms with van der Waals surface area (Å²) in [6.07, 6.45) is 20.0. The van der Waals surface area contributed by atoms with Gasteiger partial charge in [0, 0.05) is 6.20 Å². The number of hydrogen-bond acceptors (Lipinski definition) is 3. The van der Waals surface area contributed by atoms with E-state index in [9.17, 15) is 0 Å². The van der Waals surface area contributed by atoms with E-state index in [1.807, 2.05) is 12.4 Å². The minimum atomic E-state index is -2.39. The standard InChI is InChI=1S/C11H11IN2.C11H11N2.3C4H9.C3H3IN2.Sn/c1-9(10-5-3-2-4-6-10)14-7-11(12)13-8-14;1-10(13-8-7-12-9-13)11-5-3-2-4-6-11;3*1-3-4-2;4-3-1-5-2-6-3;/h2-9H,1H3;2-6,8-10H,1H3;3*1,3-4H2,2H3;1-2H,(H,5,6);. The normalized spacial score (nSPS) is 12.4. The molecule has 0 fully saturated rings. The van der Waals surface area contributed by atoms with Crippen LogP contribution in [0.4, 0.5) is 0 Å². The van der Waals surface area contributed by atoms with E-state index in [0.717, 1.165) is 7.40 Å². The number of H-pyrrole nitrogens is 1. The minimum absolute atomic E-state index is 0.354. The molecule has 3 aromatic heterocycles. The van der Waals surface area contributed by atoms with Crippen molar-refractivity contribution in [1.82, 2.24) is 29.1 Å². The van der Waals surface area contributed by atoms with Crippen LogP contribution < -0.4 is 3.71 Å². The van der Waals surface area contributed by atoms with Gasteiger partial charge in [-0.15, -0.1) is 0 Å². The second-order valence-corrected chi connectivity index (χ2v) is 27.3. The Morgan fingerprint density at radius 2 is 1.17 bits per heavy atom. The van der Waals surface area contributed by atoms with E-state index in [1.54, 1.807) is 12.5 Å².